The Balaban J connectivity index is 2.00. The quantitative estimate of drug-likeness (QED) is 0.398. The first-order chi connectivity index (χ1) is 14.5. The second-order valence-corrected chi connectivity index (χ2v) is 10.4. The Labute approximate surface area is 190 Å². The van der Waals surface area contributed by atoms with Crippen LogP contribution in [0.4, 0.5) is 0 Å². The fraction of sp³-hybridized carbons (Fsp3) is 0.407. The summed E-state index contributed by atoms with van der Waals surface area (Å²) in [5.41, 5.74) is 5.21. The maximum atomic E-state index is 13.6. The number of benzene rings is 2. The molecule has 0 saturated carbocycles. The zero-order valence-electron chi connectivity index (χ0n) is 19.6. The predicted molar refractivity (Wildman–Crippen MR) is 128 cm³/mol. The number of hydrogen-bond acceptors (Lipinski definition) is 4. The van der Waals surface area contributed by atoms with Crippen LogP contribution >= 0.6 is 11.8 Å². The summed E-state index contributed by atoms with van der Waals surface area (Å²) < 4.78 is 5.87. The Hall–Kier alpha value is -2.33. The van der Waals surface area contributed by atoms with Crippen molar-refractivity contribution in [1.82, 2.24) is 0 Å². The first kappa shape index (κ1) is 23.3. The van der Waals surface area contributed by atoms with E-state index in [1.54, 1.807) is 11.8 Å². The molecule has 2 aromatic carbocycles. The number of hydrogen-bond donors (Lipinski definition) is 0. The summed E-state index contributed by atoms with van der Waals surface area (Å²) in [4.78, 5) is 27.5. The average molecular weight is 437 g/mol. The highest BCUT2D eigenvalue weighted by Gasteiger charge is 2.38. The van der Waals surface area contributed by atoms with E-state index in [1.807, 2.05) is 40.9 Å². The average Bonchev–Trinajstić information content (AvgIpc) is 2.96. The van der Waals surface area contributed by atoms with Crippen LogP contribution in [0.5, 0.6) is 0 Å². The second kappa shape index (κ2) is 9.04. The van der Waals surface area contributed by atoms with Crippen LogP contribution < -0.4 is 0 Å². The van der Waals surface area contributed by atoms with E-state index in [0.29, 0.717) is 24.2 Å². The predicted octanol–water partition coefficient (Wildman–Crippen LogP) is 6.47. The molecule has 1 aliphatic carbocycles. The standard InChI is InChI=1S/C27H32O3S/c1-16-12-17(2)23(18(3)13-16)24-22(30-26(29)27(4,5)6)15-20(25(24)28)14-19-8-10-21(31-7)11-9-19/h8-13,20H,14-15H2,1-7H3. The molecule has 0 aromatic heterocycles. The minimum atomic E-state index is -0.635. The zero-order valence-corrected chi connectivity index (χ0v) is 20.4. The van der Waals surface area contributed by atoms with Crippen LogP contribution in [0.2, 0.25) is 0 Å². The molecular formula is C27H32O3S. The highest BCUT2D eigenvalue weighted by atomic mass is 32.2. The van der Waals surface area contributed by atoms with Crippen molar-refractivity contribution in [2.45, 2.75) is 59.3 Å². The molecule has 0 saturated heterocycles. The van der Waals surface area contributed by atoms with Crippen LogP contribution in [0.1, 0.15) is 55.0 Å². The van der Waals surface area contributed by atoms with Gasteiger partial charge in [0.25, 0.3) is 0 Å². The van der Waals surface area contributed by atoms with Gasteiger partial charge < -0.3 is 4.74 Å². The van der Waals surface area contributed by atoms with Crippen molar-refractivity contribution in [2.24, 2.45) is 11.3 Å². The molecule has 1 unspecified atom stereocenters. The highest BCUT2D eigenvalue weighted by Crippen LogP contribution is 2.41. The number of carbonyl (C=O) groups excluding carboxylic acids is 2. The van der Waals surface area contributed by atoms with Gasteiger partial charge in [0.15, 0.2) is 5.78 Å². The maximum Gasteiger partial charge on any atom is 0.316 e. The molecule has 31 heavy (non-hydrogen) atoms. The lowest BCUT2D eigenvalue weighted by atomic mass is 9.89. The fourth-order valence-corrected chi connectivity index (χ4v) is 4.57. The van der Waals surface area contributed by atoms with Crippen molar-refractivity contribution in [3.63, 3.8) is 0 Å². The van der Waals surface area contributed by atoms with Gasteiger partial charge in [0.05, 0.1) is 11.0 Å². The van der Waals surface area contributed by atoms with Gasteiger partial charge in [-0.2, -0.15) is 0 Å². The van der Waals surface area contributed by atoms with Crippen molar-refractivity contribution >= 4 is 29.1 Å². The van der Waals surface area contributed by atoms with Gasteiger partial charge in [-0.15, -0.1) is 11.8 Å². The number of ketones is 1. The fourth-order valence-electron chi connectivity index (χ4n) is 4.17. The molecule has 2 aromatic rings. The summed E-state index contributed by atoms with van der Waals surface area (Å²) in [7, 11) is 0. The maximum absolute atomic E-state index is 13.6. The summed E-state index contributed by atoms with van der Waals surface area (Å²) in [5.74, 6) is 0.0598. The molecule has 1 aliphatic rings. The van der Waals surface area contributed by atoms with E-state index in [-0.39, 0.29) is 17.7 Å². The third kappa shape index (κ3) is 5.12. The molecule has 1 atom stereocenters. The molecule has 0 spiro atoms. The van der Waals surface area contributed by atoms with E-state index < -0.39 is 5.41 Å². The minimum Gasteiger partial charge on any atom is -0.430 e. The normalized spacial score (nSPS) is 16.7. The Kier molecular flexibility index (Phi) is 6.80. The van der Waals surface area contributed by atoms with Crippen LogP contribution in [-0.4, -0.2) is 18.0 Å². The number of carbonyl (C=O) groups is 2. The topological polar surface area (TPSA) is 43.4 Å². The summed E-state index contributed by atoms with van der Waals surface area (Å²) in [6.45, 7) is 11.6. The number of esters is 1. The number of rotatable bonds is 5. The molecule has 0 radical (unpaired) electrons. The zero-order chi connectivity index (χ0) is 22.9. The largest absolute Gasteiger partial charge is 0.430 e. The van der Waals surface area contributed by atoms with E-state index in [2.05, 4.69) is 43.3 Å². The molecule has 164 valence electrons. The van der Waals surface area contributed by atoms with Gasteiger partial charge in [-0.25, -0.2) is 0 Å². The van der Waals surface area contributed by atoms with Crippen LogP contribution in [0.3, 0.4) is 0 Å². The Morgan fingerprint density at radius 3 is 2.16 bits per heavy atom. The second-order valence-electron chi connectivity index (χ2n) is 9.53. The first-order valence-electron chi connectivity index (χ1n) is 10.7. The van der Waals surface area contributed by atoms with Gasteiger partial charge >= 0.3 is 5.97 Å². The molecule has 3 rings (SSSR count). The van der Waals surface area contributed by atoms with Gasteiger partial charge in [-0.05, 0) is 88.6 Å². The van der Waals surface area contributed by atoms with E-state index in [1.165, 1.54) is 4.90 Å². The summed E-state index contributed by atoms with van der Waals surface area (Å²) >= 11 is 1.70. The number of aryl methyl sites for hydroxylation is 3. The smallest absolute Gasteiger partial charge is 0.316 e. The van der Waals surface area contributed by atoms with Crippen molar-refractivity contribution in [3.05, 3.63) is 70.0 Å². The Bertz CT molecular complexity index is 1020. The van der Waals surface area contributed by atoms with Crippen LogP contribution in [0.25, 0.3) is 5.57 Å². The molecule has 0 bridgehead atoms. The van der Waals surface area contributed by atoms with Gasteiger partial charge in [0.2, 0.25) is 0 Å². The van der Waals surface area contributed by atoms with Gasteiger partial charge in [0.1, 0.15) is 5.76 Å². The number of allylic oxidation sites excluding steroid dienone is 2. The lowest BCUT2D eigenvalue weighted by Gasteiger charge is -2.18. The summed E-state index contributed by atoms with van der Waals surface area (Å²) in [6.07, 6.45) is 3.14. The van der Waals surface area contributed by atoms with Gasteiger partial charge in [-0.1, -0.05) is 29.8 Å². The molecular weight excluding hydrogens is 404 g/mol. The first-order valence-corrected chi connectivity index (χ1v) is 11.9. The van der Waals surface area contributed by atoms with Crippen molar-refractivity contribution in [3.8, 4) is 0 Å². The molecule has 0 aliphatic heterocycles. The number of thioether (sulfide) groups is 1. The van der Waals surface area contributed by atoms with E-state index >= 15 is 0 Å². The third-order valence-electron chi connectivity index (χ3n) is 5.72. The summed E-state index contributed by atoms with van der Waals surface area (Å²) in [6, 6.07) is 12.5. The van der Waals surface area contributed by atoms with Crippen LogP contribution in [-0.2, 0) is 20.7 Å². The lowest BCUT2D eigenvalue weighted by Crippen LogP contribution is -2.22. The number of ether oxygens (including phenoxy) is 1. The number of Topliss-reactive ketones (excluding diaryl/α,β-unsaturated/α-hetero) is 1. The van der Waals surface area contributed by atoms with Gasteiger partial charge in [-0.3, -0.25) is 9.59 Å². The van der Waals surface area contributed by atoms with E-state index in [0.717, 1.165) is 27.8 Å². The Morgan fingerprint density at radius 1 is 1.06 bits per heavy atom. The highest BCUT2D eigenvalue weighted by molar-refractivity contribution is 7.98. The van der Waals surface area contributed by atoms with Crippen LogP contribution in [0.15, 0.2) is 47.1 Å². The van der Waals surface area contributed by atoms with Crippen LogP contribution in [0, 0.1) is 32.1 Å². The van der Waals surface area contributed by atoms with Crippen molar-refractivity contribution < 1.29 is 14.3 Å². The van der Waals surface area contributed by atoms with Gasteiger partial charge in [0, 0.05) is 17.2 Å². The van der Waals surface area contributed by atoms with E-state index in [4.69, 9.17) is 4.74 Å². The molecule has 4 heteroatoms. The molecule has 0 fully saturated rings. The van der Waals surface area contributed by atoms with E-state index in [9.17, 15) is 9.59 Å². The summed E-state index contributed by atoms with van der Waals surface area (Å²) in [5, 5.41) is 0. The molecule has 3 nitrogen and oxygen atoms in total. The minimum absolute atomic E-state index is 0.0701. The Morgan fingerprint density at radius 2 is 1.65 bits per heavy atom. The molecule has 0 heterocycles. The van der Waals surface area contributed by atoms with Crippen molar-refractivity contribution in [1.29, 1.82) is 0 Å². The molecule has 0 amide bonds. The third-order valence-corrected chi connectivity index (χ3v) is 6.47. The van der Waals surface area contributed by atoms with Crippen molar-refractivity contribution in [2.75, 3.05) is 6.26 Å². The lowest BCUT2D eigenvalue weighted by molar-refractivity contribution is -0.148. The molecule has 0 N–H and O–H groups in total. The SMILES string of the molecule is CSc1ccc(CC2CC(OC(=O)C(C)(C)C)=C(c3c(C)cc(C)cc3C)C2=O)cc1. The monoisotopic (exact) mass is 436 g/mol.